The van der Waals surface area contributed by atoms with E-state index in [9.17, 15) is 24.6 Å². The quantitative estimate of drug-likeness (QED) is 0.0492. The van der Waals surface area contributed by atoms with E-state index in [1.54, 1.807) is 57.8 Å². The van der Waals surface area contributed by atoms with Gasteiger partial charge in [0.25, 0.3) is 0 Å². The summed E-state index contributed by atoms with van der Waals surface area (Å²) in [6.07, 6.45) is 12.2. The highest BCUT2D eigenvalue weighted by molar-refractivity contribution is 8.04. The summed E-state index contributed by atoms with van der Waals surface area (Å²) in [5, 5.41) is 48.5. The van der Waals surface area contributed by atoms with Crippen LogP contribution in [0.15, 0.2) is 247 Å². The van der Waals surface area contributed by atoms with Gasteiger partial charge < -0.3 is 45.9 Å². The van der Waals surface area contributed by atoms with Crippen LogP contribution in [0.4, 0.5) is 39.5 Å². The van der Waals surface area contributed by atoms with Crippen molar-refractivity contribution < 1.29 is 34.1 Å². The van der Waals surface area contributed by atoms with Gasteiger partial charge in [-0.2, -0.15) is 10.1 Å². The molecular weight excluding hydrogens is 1550 g/mol. The van der Waals surface area contributed by atoms with Gasteiger partial charge in [-0.3, -0.25) is 14.4 Å². The van der Waals surface area contributed by atoms with E-state index in [4.69, 9.17) is 27.6 Å². The third-order valence-corrected chi connectivity index (χ3v) is 22.1. The van der Waals surface area contributed by atoms with Crippen LogP contribution in [0.1, 0.15) is 137 Å². The molecule has 5 aliphatic rings. The van der Waals surface area contributed by atoms with E-state index in [2.05, 4.69) is 121 Å². The Bertz CT molecular complexity index is 5570. The molecule has 20 nitrogen and oxygen atoms in total. The number of aliphatic hydroxyl groups is 1. The van der Waals surface area contributed by atoms with Crippen molar-refractivity contribution in [2.24, 2.45) is 5.10 Å². The van der Waals surface area contributed by atoms with Crippen molar-refractivity contribution in [3.63, 3.8) is 0 Å². The van der Waals surface area contributed by atoms with Crippen LogP contribution in [0.2, 0.25) is 5.02 Å². The minimum atomic E-state index is -1.57. The highest BCUT2D eigenvalue weighted by Gasteiger charge is 2.47. The number of amides is 2. The number of aromatic hydroxyl groups is 1. The van der Waals surface area contributed by atoms with E-state index in [-0.39, 0.29) is 37.7 Å². The Labute approximate surface area is 709 Å². The number of halogens is 1. The smallest absolute Gasteiger partial charge is 0.238 e. The van der Waals surface area contributed by atoms with Crippen molar-refractivity contribution in [1.82, 2.24) is 35.1 Å². The number of ether oxygens (including phenoxy) is 2. The first-order valence-electron chi connectivity index (χ1n) is 37.9. The number of benzene rings is 8. The van der Waals surface area contributed by atoms with Crippen LogP contribution in [0.25, 0.3) is 20.6 Å². The Kier molecular flexibility index (Phi) is 32.4. The maximum atomic E-state index is 12.4. The number of carbonyl (C=O) groups is 3. The molecule has 0 radical (unpaired) electrons. The monoisotopic (exact) mass is 1650 g/mol. The molecule has 17 rings (SSSR count). The predicted molar refractivity (Wildman–Crippen MR) is 486 cm³/mol. The minimum absolute atomic E-state index is 0. The molecule has 6 N–H and O–H groups in total. The fraction of sp³-hybridized carbons (Fsp3) is 0.234. The fourth-order valence-electron chi connectivity index (χ4n) is 13.2. The molecule has 608 valence electrons. The molecule has 3 aliphatic heterocycles. The first-order chi connectivity index (χ1) is 55.9. The number of thiophene rings is 1. The molecule has 2 aliphatic carbocycles. The summed E-state index contributed by atoms with van der Waals surface area (Å²) < 4.78 is 14.2. The van der Waals surface area contributed by atoms with Crippen molar-refractivity contribution in [2.45, 2.75) is 133 Å². The molecule has 0 spiro atoms. The lowest BCUT2D eigenvalue weighted by Crippen LogP contribution is -2.50. The summed E-state index contributed by atoms with van der Waals surface area (Å²) in [4.78, 5) is 54.9. The third kappa shape index (κ3) is 24.0. The highest BCUT2D eigenvalue weighted by atomic mass is 35.5. The summed E-state index contributed by atoms with van der Waals surface area (Å²) in [7, 11) is 0. The van der Waals surface area contributed by atoms with E-state index in [1.165, 1.54) is 63.0 Å². The van der Waals surface area contributed by atoms with E-state index >= 15 is 0 Å². The number of para-hydroxylation sites is 3. The molecule has 2 saturated heterocycles. The molecule has 2 amide bonds. The average molecular weight is 1660 g/mol. The van der Waals surface area contributed by atoms with Crippen LogP contribution in [-0.4, -0.2) is 82.3 Å². The van der Waals surface area contributed by atoms with E-state index in [0.717, 1.165) is 122 Å². The number of morpholine rings is 1. The Hall–Kier alpha value is -12.1. The zero-order chi connectivity index (χ0) is 82.4. The number of rotatable bonds is 12. The van der Waals surface area contributed by atoms with Gasteiger partial charge in [0, 0.05) is 64.5 Å². The van der Waals surface area contributed by atoms with Crippen LogP contribution in [0.3, 0.4) is 0 Å². The number of thioether (sulfide) groups is 1. The summed E-state index contributed by atoms with van der Waals surface area (Å²) in [5.74, 6) is 2.82. The molecule has 2 unspecified atom stereocenters. The van der Waals surface area contributed by atoms with Crippen molar-refractivity contribution >= 4 is 125 Å². The Morgan fingerprint density at radius 1 is 0.771 bits per heavy atom. The molecule has 2 fully saturated rings. The van der Waals surface area contributed by atoms with Crippen molar-refractivity contribution in [2.75, 3.05) is 34.0 Å². The SMILES string of the molecule is C.C.C=C1C=C(C)c2c(O)cc(CCC)cc2O1.C=C1NC(=O)C(Cc2ccccc2C)S1.Cc1cc(Nc2ccccc2)nc(Nc2ccccc2)n1.Cc1ccc2nc(C)sc2c1.Cc1nnc(C)n1N=Cc1ccc(Cl)cc1.O=C1C=C2N(c3ccccc3)CCOC2(O)c2ccccc21.[C-]#[N+]c1c(NC(C)=O)sc2c1CCCC2. The summed E-state index contributed by atoms with van der Waals surface area (Å²) in [5.41, 5.74) is 15.9. The minimum Gasteiger partial charge on any atom is -0.507 e. The van der Waals surface area contributed by atoms with Crippen LogP contribution >= 0.6 is 46.0 Å². The predicted octanol–water partition coefficient (Wildman–Crippen LogP) is 22.4. The molecule has 0 saturated carbocycles. The standard InChI is InChI=1S/C18H15NO3.C17H16N4.C14H16O2.C12H13NOS.C11H11ClN4.C11H12N2OS.C9H9NS.2CH4/c20-16-12-17-18(21,15-9-5-4-8-14(15)16)22-11-10-19(17)13-6-2-1-3-7-13;1-13-12-16(19-14-8-4-2-5-9-14)21-17(18-13)20-15-10-6-3-7-11-15;1-4-5-11-7-12(15)14-9(2)6-10(3)16-13(14)8-11;1-8-5-3-4-6-10(8)7-11-12(14)13-9(2)15-11;1-8-14-15-9(2)16(8)13-7-10-3-5-11(12)6-4-10;1-7(14)13-11-10(12-2)8-5-3-4-6-9(8)15-11;1-6-3-4-8-9(5-6)11-7(2)10-8;;/h1-9,12,21H,10-11H2;2-12H,1H3,(H2,18,19,20,21);6-8,15H,3-5H2,1-2H3;3-6,11H,2,7H2,1H3,(H,13,14);3-7H,1-2H3;3-6H2,1H3,(H,13,14);3-5H,1-2H3;2*1H4. The number of fused-ring (bicyclic) bond motifs is 6. The zero-order valence-electron chi connectivity index (χ0n) is 66.2. The van der Waals surface area contributed by atoms with Gasteiger partial charge in [0.2, 0.25) is 29.2 Å². The molecule has 118 heavy (non-hydrogen) atoms. The number of aromatic nitrogens is 6. The topological polar surface area (TPSA) is 248 Å². The average Bonchev–Trinajstić information content (AvgIpc) is 1.34. The van der Waals surface area contributed by atoms with Gasteiger partial charge in [0.05, 0.1) is 56.2 Å². The van der Waals surface area contributed by atoms with Gasteiger partial charge in [-0.1, -0.05) is 192 Å². The van der Waals surface area contributed by atoms with Gasteiger partial charge in [-0.25, -0.2) is 19.5 Å². The Morgan fingerprint density at radius 3 is 2.08 bits per heavy atom. The van der Waals surface area contributed by atoms with E-state index in [0.29, 0.717) is 63.9 Å². The van der Waals surface area contributed by atoms with Gasteiger partial charge in [-0.15, -0.1) is 32.9 Å². The van der Waals surface area contributed by atoms with Crippen LogP contribution in [-0.2, 0) is 45.8 Å². The second kappa shape index (κ2) is 42.6. The van der Waals surface area contributed by atoms with E-state index in [1.807, 2.05) is 191 Å². The number of carbonyl (C=O) groups excluding carboxylic acids is 3. The molecule has 0 bridgehead atoms. The summed E-state index contributed by atoms with van der Waals surface area (Å²) in [6.45, 7) is 33.1. The summed E-state index contributed by atoms with van der Waals surface area (Å²) >= 11 is 10.6. The van der Waals surface area contributed by atoms with Crippen LogP contribution < -0.4 is 30.9 Å². The normalized spacial score (nSPS) is 15.0. The number of anilines is 6. The van der Waals surface area contributed by atoms with Crippen molar-refractivity contribution in [1.29, 1.82) is 0 Å². The number of thiazole rings is 1. The van der Waals surface area contributed by atoms with Gasteiger partial charge >= 0.3 is 0 Å². The number of nitrogens with one attached hydrogen (secondary N) is 4. The largest absolute Gasteiger partial charge is 0.507 e. The first kappa shape index (κ1) is 89.8. The van der Waals surface area contributed by atoms with Crippen LogP contribution in [0.5, 0.6) is 11.5 Å². The number of phenolic OH excluding ortho intramolecular Hbond substituents is 1. The lowest BCUT2D eigenvalue weighted by molar-refractivity contribution is -0.194. The van der Waals surface area contributed by atoms with Gasteiger partial charge in [-0.05, 0) is 203 Å². The number of hydrogen-bond acceptors (Lipinski definition) is 19. The number of phenols is 1. The number of aryl methyl sites for hydroxylation is 8. The Morgan fingerprint density at radius 2 is 1.42 bits per heavy atom. The van der Waals surface area contributed by atoms with Gasteiger partial charge in [0.15, 0.2) is 17.4 Å². The van der Waals surface area contributed by atoms with Gasteiger partial charge in [0.1, 0.15) is 28.1 Å². The third-order valence-electron chi connectivity index (χ3n) is 18.6. The lowest BCUT2D eigenvalue weighted by Gasteiger charge is -2.44. The lowest BCUT2D eigenvalue weighted by atomic mass is 9.87. The highest BCUT2D eigenvalue weighted by Crippen LogP contribution is 2.46. The zero-order valence-corrected chi connectivity index (χ0v) is 69.4. The van der Waals surface area contributed by atoms with E-state index < -0.39 is 5.79 Å². The molecule has 24 heteroatoms. The second-order valence-corrected chi connectivity index (χ2v) is 31.8. The fourth-order valence-corrected chi connectivity index (χ4v) is 16.5. The number of allylic oxidation sites excluding steroid dienone is 3. The Balaban J connectivity index is 0.000000158. The number of nitrogens with zero attached hydrogens (tertiary/aromatic N) is 9. The second-order valence-electron chi connectivity index (χ2n) is 27.7. The molecule has 8 aromatic carbocycles. The maximum Gasteiger partial charge on any atom is 0.238 e. The molecule has 12 aromatic rings. The van der Waals surface area contributed by atoms with Crippen molar-refractivity contribution in [3.8, 4) is 11.5 Å². The number of ketones is 1. The molecular formula is C94H100ClN13O7S3. The summed E-state index contributed by atoms with van der Waals surface area (Å²) in [6, 6.07) is 64.3. The first-order valence-corrected chi connectivity index (χ1v) is 40.8. The molecule has 2 atom stereocenters. The molecule has 4 aromatic heterocycles. The molecule has 7 heterocycles. The van der Waals surface area contributed by atoms with Crippen molar-refractivity contribution in [3.05, 3.63) is 336 Å². The maximum absolute atomic E-state index is 12.4. The number of hydrogen-bond donors (Lipinski definition) is 6. The van der Waals surface area contributed by atoms with Crippen LogP contribution in [0, 0.1) is 48.1 Å².